The monoisotopic (exact) mass is 365 g/mol. The highest BCUT2D eigenvalue weighted by molar-refractivity contribution is 5.46. The van der Waals surface area contributed by atoms with E-state index in [1.807, 2.05) is 49.5 Å². The Morgan fingerprint density at radius 2 is 1.70 bits per heavy atom. The van der Waals surface area contributed by atoms with E-state index in [2.05, 4.69) is 25.6 Å². The molecule has 7 nitrogen and oxygen atoms in total. The Labute approximate surface area is 158 Å². The average molecular weight is 365 g/mol. The van der Waals surface area contributed by atoms with E-state index < -0.39 is 0 Å². The van der Waals surface area contributed by atoms with E-state index in [0.29, 0.717) is 30.5 Å². The van der Waals surface area contributed by atoms with Crippen LogP contribution in [-0.4, -0.2) is 29.2 Å². The standard InChI is InChI=1S/C20H23N5O2/c1-14-9-19(22-12-15-6-7-17(26-2)18(10-15)27-3)25-20(24-14)23-13-16-5-4-8-21-11-16/h4-11H,12-13H2,1-3H3,(H2,22,23,24,25). The molecule has 1 aromatic carbocycles. The maximum Gasteiger partial charge on any atom is 0.225 e. The maximum atomic E-state index is 5.35. The average Bonchev–Trinajstić information content (AvgIpc) is 2.71. The molecule has 2 heterocycles. The molecule has 0 saturated heterocycles. The molecule has 140 valence electrons. The predicted molar refractivity (Wildman–Crippen MR) is 105 cm³/mol. The quantitative estimate of drug-likeness (QED) is 0.633. The molecular formula is C20H23N5O2. The highest BCUT2D eigenvalue weighted by atomic mass is 16.5. The molecule has 0 spiro atoms. The van der Waals surface area contributed by atoms with Crippen LogP contribution in [0.25, 0.3) is 0 Å². The van der Waals surface area contributed by atoms with Crippen LogP contribution in [0.5, 0.6) is 11.5 Å². The molecule has 3 aromatic rings. The first-order chi connectivity index (χ1) is 13.2. The van der Waals surface area contributed by atoms with Gasteiger partial charge in [-0.25, -0.2) is 4.98 Å². The molecule has 0 atom stereocenters. The molecule has 0 fully saturated rings. The van der Waals surface area contributed by atoms with Crippen LogP contribution < -0.4 is 20.1 Å². The van der Waals surface area contributed by atoms with Gasteiger partial charge in [0, 0.05) is 37.2 Å². The molecule has 0 aliphatic rings. The number of aryl methyl sites for hydroxylation is 1. The molecule has 7 heteroatoms. The lowest BCUT2D eigenvalue weighted by molar-refractivity contribution is 0.354. The summed E-state index contributed by atoms with van der Waals surface area (Å²) in [4.78, 5) is 13.1. The van der Waals surface area contributed by atoms with E-state index in [1.54, 1.807) is 20.4 Å². The first-order valence-corrected chi connectivity index (χ1v) is 8.61. The van der Waals surface area contributed by atoms with Crippen LogP contribution in [0.4, 0.5) is 11.8 Å². The summed E-state index contributed by atoms with van der Waals surface area (Å²) in [6, 6.07) is 11.7. The third-order valence-corrected chi connectivity index (χ3v) is 3.95. The first kappa shape index (κ1) is 18.4. The number of aromatic nitrogens is 3. The first-order valence-electron chi connectivity index (χ1n) is 8.61. The SMILES string of the molecule is COc1ccc(CNc2cc(C)nc(NCc3cccnc3)n2)cc1OC. The maximum absolute atomic E-state index is 5.35. The summed E-state index contributed by atoms with van der Waals surface area (Å²) in [6.45, 7) is 3.17. The number of hydrogen-bond donors (Lipinski definition) is 2. The molecule has 3 rings (SSSR count). The Bertz CT molecular complexity index is 887. The number of pyridine rings is 1. The Hall–Kier alpha value is -3.35. The Morgan fingerprint density at radius 1 is 0.889 bits per heavy atom. The highest BCUT2D eigenvalue weighted by Crippen LogP contribution is 2.27. The van der Waals surface area contributed by atoms with Crippen molar-refractivity contribution in [1.29, 1.82) is 0 Å². The van der Waals surface area contributed by atoms with Crippen LogP contribution in [0.15, 0.2) is 48.8 Å². The van der Waals surface area contributed by atoms with Gasteiger partial charge in [-0.05, 0) is 36.2 Å². The van der Waals surface area contributed by atoms with Gasteiger partial charge >= 0.3 is 0 Å². The lowest BCUT2D eigenvalue weighted by Gasteiger charge is -2.12. The minimum Gasteiger partial charge on any atom is -0.493 e. The van der Waals surface area contributed by atoms with Gasteiger partial charge in [-0.15, -0.1) is 0 Å². The van der Waals surface area contributed by atoms with E-state index in [4.69, 9.17) is 9.47 Å². The molecule has 0 saturated carbocycles. The van der Waals surface area contributed by atoms with Gasteiger partial charge in [-0.1, -0.05) is 12.1 Å². The van der Waals surface area contributed by atoms with Gasteiger partial charge in [0.2, 0.25) is 5.95 Å². The van der Waals surface area contributed by atoms with Crippen molar-refractivity contribution in [2.75, 3.05) is 24.9 Å². The number of methoxy groups -OCH3 is 2. The molecule has 0 aliphatic carbocycles. The van der Waals surface area contributed by atoms with E-state index in [1.165, 1.54) is 0 Å². The van der Waals surface area contributed by atoms with Crippen LogP contribution in [0, 0.1) is 6.92 Å². The summed E-state index contributed by atoms with van der Waals surface area (Å²) in [5, 5.41) is 6.56. The van der Waals surface area contributed by atoms with Gasteiger partial charge in [0.05, 0.1) is 14.2 Å². The van der Waals surface area contributed by atoms with E-state index in [0.717, 1.165) is 22.6 Å². The van der Waals surface area contributed by atoms with Crippen molar-refractivity contribution in [3.05, 3.63) is 65.6 Å². The molecule has 2 N–H and O–H groups in total. The Morgan fingerprint density at radius 3 is 2.44 bits per heavy atom. The van der Waals surface area contributed by atoms with Crippen molar-refractivity contribution < 1.29 is 9.47 Å². The smallest absolute Gasteiger partial charge is 0.225 e. The van der Waals surface area contributed by atoms with Crippen LogP contribution in [0.3, 0.4) is 0 Å². The van der Waals surface area contributed by atoms with Crippen LogP contribution >= 0.6 is 0 Å². The third kappa shape index (κ3) is 5.07. The number of ether oxygens (including phenoxy) is 2. The molecule has 27 heavy (non-hydrogen) atoms. The summed E-state index contributed by atoms with van der Waals surface area (Å²) < 4.78 is 10.6. The zero-order valence-electron chi connectivity index (χ0n) is 15.7. The van der Waals surface area contributed by atoms with Crippen molar-refractivity contribution in [1.82, 2.24) is 15.0 Å². The van der Waals surface area contributed by atoms with Gasteiger partial charge in [0.1, 0.15) is 5.82 Å². The second-order valence-corrected chi connectivity index (χ2v) is 5.98. The zero-order valence-corrected chi connectivity index (χ0v) is 15.7. The fraction of sp³-hybridized carbons (Fsp3) is 0.250. The fourth-order valence-corrected chi connectivity index (χ4v) is 2.61. The van der Waals surface area contributed by atoms with Gasteiger partial charge in [-0.3, -0.25) is 4.98 Å². The number of nitrogens with one attached hydrogen (secondary N) is 2. The summed E-state index contributed by atoms with van der Waals surface area (Å²) >= 11 is 0. The Kier molecular flexibility index (Phi) is 6.04. The van der Waals surface area contributed by atoms with Crippen molar-refractivity contribution in [3.8, 4) is 11.5 Å². The molecular weight excluding hydrogens is 342 g/mol. The number of nitrogens with zero attached hydrogens (tertiary/aromatic N) is 3. The lowest BCUT2D eigenvalue weighted by atomic mass is 10.2. The third-order valence-electron chi connectivity index (χ3n) is 3.95. The van der Waals surface area contributed by atoms with Crippen molar-refractivity contribution in [2.45, 2.75) is 20.0 Å². The molecule has 0 aliphatic heterocycles. The molecule has 2 aromatic heterocycles. The van der Waals surface area contributed by atoms with E-state index in [9.17, 15) is 0 Å². The molecule has 0 radical (unpaired) electrons. The summed E-state index contributed by atoms with van der Waals surface area (Å²) in [5.41, 5.74) is 3.02. The van der Waals surface area contributed by atoms with Crippen LogP contribution in [-0.2, 0) is 13.1 Å². The summed E-state index contributed by atoms with van der Waals surface area (Å²) in [5.74, 6) is 2.75. The molecule has 0 amide bonds. The molecule has 0 bridgehead atoms. The van der Waals surface area contributed by atoms with E-state index in [-0.39, 0.29) is 0 Å². The van der Waals surface area contributed by atoms with Crippen LogP contribution in [0.1, 0.15) is 16.8 Å². The van der Waals surface area contributed by atoms with Gasteiger partial charge < -0.3 is 20.1 Å². The van der Waals surface area contributed by atoms with Gasteiger partial charge in [0.25, 0.3) is 0 Å². The fourth-order valence-electron chi connectivity index (χ4n) is 2.61. The summed E-state index contributed by atoms with van der Waals surface area (Å²) in [7, 11) is 3.25. The number of benzene rings is 1. The number of hydrogen-bond acceptors (Lipinski definition) is 7. The number of anilines is 2. The molecule has 0 unspecified atom stereocenters. The topological polar surface area (TPSA) is 81.2 Å². The highest BCUT2D eigenvalue weighted by Gasteiger charge is 2.06. The second-order valence-electron chi connectivity index (χ2n) is 5.98. The minimum absolute atomic E-state index is 0.577. The summed E-state index contributed by atoms with van der Waals surface area (Å²) in [6.07, 6.45) is 3.57. The van der Waals surface area contributed by atoms with Crippen LogP contribution in [0.2, 0.25) is 0 Å². The van der Waals surface area contributed by atoms with Crippen molar-refractivity contribution in [3.63, 3.8) is 0 Å². The van der Waals surface area contributed by atoms with E-state index >= 15 is 0 Å². The largest absolute Gasteiger partial charge is 0.493 e. The second kappa shape index (κ2) is 8.84. The van der Waals surface area contributed by atoms with Gasteiger partial charge in [0.15, 0.2) is 11.5 Å². The van der Waals surface area contributed by atoms with Crippen molar-refractivity contribution in [2.24, 2.45) is 0 Å². The lowest BCUT2D eigenvalue weighted by Crippen LogP contribution is -2.08. The predicted octanol–water partition coefficient (Wildman–Crippen LogP) is 3.42. The number of rotatable bonds is 8. The Balaban J connectivity index is 1.65. The minimum atomic E-state index is 0.577. The van der Waals surface area contributed by atoms with Gasteiger partial charge in [-0.2, -0.15) is 4.98 Å². The zero-order chi connectivity index (χ0) is 19.1. The van der Waals surface area contributed by atoms with Crippen molar-refractivity contribution >= 4 is 11.8 Å². The normalized spacial score (nSPS) is 10.3.